The number of hydrogen-bond acceptors (Lipinski definition) is 1. The van der Waals surface area contributed by atoms with Gasteiger partial charge in [-0.3, -0.25) is 8.22 Å². The predicted octanol–water partition coefficient (Wildman–Crippen LogP) is 2.94. The van der Waals surface area contributed by atoms with Crippen LogP contribution in [0.15, 0.2) is 0 Å². The Hall–Kier alpha value is -0.433. The zero-order valence-electron chi connectivity index (χ0n) is 7.06. The fraction of sp³-hybridized carbons (Fsp3) is 0.857. The van der Waals surface area contributed by atoms with Gasteiger partial charge in [-0.1, -0.05) is 6.92 Å². The third-order valence-electron chi connectivity index (χ3n) is 1.90. The van der Waals surface area contributed by atoms with Gasteiger partial charge < -0.3 is 0 Å². The Kier molecular flexibility index (Phi) is 3.66. The maximum absolute atomic E-state index is 12.8. The molecular weight excluding hydrogens is 164 g/mol. The van der Waals surface area contributed by atoms with Gasteiger partial charge in [-0.25, -0.2) is 0 Å². The van der Waals surface area contributed by atoms with Crippen molar-refractivity contribution in [2.75, 3.05) is 0 Å². The van der Waals surface area contributed by atoms with Gasteiger partial charge in [0, 0.05) is 11.5 Å². The van der Waals surface area contributed by atoms with Crippen LogP contribution in [0, 0.1) is 17.2 Å². The van der Waals surface area contributed by atoms with Crippen molar-refractivity contribution in [1.82, 2.24) is 0 Å². The quantitative estimate of drug-likeness (QED) is 0.480. The van der Waals surface area contributed by atoms with Crippen LogP contribution in [-0.2, 0) is 0 Å². The standard InChI is InChI=1S/C7H13F2NSi/c1-4-7(6(2)5-10)11(3,8)9/h6-7H,4H2,1-3H3. The molecule has 0 radical (unpaired) electrons. The van der Waals surface area contributed by atoms with Crippen molar-refractivity contribution in [3.05, 3.63) is 0 Å². The van der Waals surface area contributed by atoms with Crippen molar-refractivity contribution in [2.24, 2.45) is 5.92 Å². The number of halogens is 2. The van der Waals surface area contributed by atoms with Crippen molar-refractivity contribution in [3.8, 4) is 6.07 Å². The highest BCUT2D eigenvalue weighted by Crippen LogP contribution is 2.34. The molecule has 0 saturated carbocycles. The molecule has 0 spiro atoms. The minimum Gasteiger partial charge on any atom is -0.270 e. The summed E-state index contributed by atoms with van der Waals surface area (Å²) in [6, 6.07) is 1.88. The lowest BCUT2D eigenvalue weighted by atomic mass is 10.1. The Morgan fingerprint density at radius 3 is 2.09 bits per heavy atom. The van der Waals surface area contributed by atoms with Crippen LogP contribution in [0.25, 0.3) is 0 Å². The highest BCUT2D eigenvalue weighted by molar-refractivity contribution is 6.66. The molecule has 0 aromatic carbocycles. The van der Waals surface area contributed by atoms with Crippen LogP contribution < -0.4 is 0 Å². The summed E-state index contributed by atoms with van der Waals surface area (Å²) in [7, 11) is -4.09. The van der Waals surface area contributed by atoms with Crippen molar-refractivity contribution >= 4 is 8.74 Å². The summed E-state index contributed by atoms with van der Waals surface area (Å²) < 4.78 is 25.6. The van der Waals surface area contributed by atoms with E-state index in [1.165, 1.54) is 0 Å². The van der Waals surface area contributed by atoms with E-state index >= 15 is 0 Å². The molecule has 2 atom stereocenters. The number of nitrogens with zero attached hydrogens (tertiary/aromatic N) is 1. The molecule has 0 aromatic rings. The van der Waals surface area contributed by atoms with Gasteiger partial charge in [-0.15, -0.1) is 0 Å². The molecule has 0 rings (SSSR count). The van der Waals surface area contributed by atoms with Crippen molar-refractivity contribution in [1.29, 1.82) is 5.26 Å². The Morgan fingerprint density at radius 2 is 2.00 bits per heavy atom. The summed E-state index contributed by atoms with van der Waals surface area (Å²) in [6.45, 7) is 4.29. The second-order valence-corrected chi connectivity index (χ2v) is 5.54. The normalized spacial score (nSPS) is 17.1. The van der Waals surface area contributed by atoms with E-state index in [4.69, 9.17) is 5.26 Å². The van der Waals surface area contributed by atoms with Crippen LogP contribution >= 0.6 is 0 Å². The van der Waals surface area contributed by atoms with Gasteiger partial charge in [-0.2, -0.15) is 5.26 Å². The predicted molar refractivity (Wildman–Crippen MR) is 42.7 cm³/mol. The van der Waals surface area contributed by atoms with E-state index in [1.54, 1.807) is 13.8 Å². The molecular formula is C7H13F2NSi. The molecule has 0 fully saturated rings. The first-order chi connectivity index (χ1) is 4.93. The van der Waals surface area contributed by atoms with Crippen LogP contribution in [0.1, 0.15) is 20.3 Å². The van der Waals surface area contributed by atoms with Crippen LogP contribution in [-0.4, -0.2) is 8.74 Å². The Bertz CT molecular complexity index is 159. The SMILES string of the molecule is CCC(C(C)C#N)[Si](C)(F)F. The topological polar surface area (TPSA) is 23.8 Å². The molecule has 11 heavy (non-hydrogen) atoms. The van der Waals surface area contributed by atoms with Crippen LogP contribution in [0.5, 0.6) is 0 Å². The summed E-state index contributed by atoms with van der Waals surface area (Å²) in [5.41, 5.74) is -0.674. The second kappa shape index (κ2) is 3.81. The van der Waals surface area contributed by atoms with E-state index in [9.17, 15) is 8.22 Å². The van der Waals surface area contributed by atoms with Crippen LogP contribution in [0.2, 0.25) is 12.1 Å². The maximum atomic E-state index is 12.8. The Labute approximate surface area is 67.4 Å². The Balaban J connectivity index is 4.31. The van der Waals surface area contributed by atoms with Crippen LogP contribution in [0.3, 0.4) is 0 Å². The summed E-state index contributed by atoms with van der Waals surface area (Å²) >= 11 is 0. The Morgan fingerprint density at radius 1 is 1.55 bits per heavy atom. The molecule has 0 N–H and O–H groups in total. The first-order valence-electron chi connectivity index (χ1n) is 3.70. The van der Waals surface area contributed by atoms with Gasteiger partial charge in [0.25, 0.3) is 0 Å². The van der Waals surface area contributed by atoms with Gasteiger partial charge in [0.15, 0.2) is 0 Å². The average Bonchev–Trinajstić information content (AvgIpc) is 1.86. The van der Waals surface area contributed by atoms with Crippen molar-refractivity contribution < 1.29 is 8.22 Å². The molecule has 0 saturated heterocycles. The fourth-order valence-electron chi connectivity index (χ4n) is 1.24. The molecule has 4 heteroatoms. The lowest BCUT2D eigenvalue weighted by Gasteiger charge is -2.20. The second-order valence-electron chi connectivity index (χ2n) is 2.89. The molecule has 64 valence electrons. The van der Waals surface area contributed by atoms with E-state index < -0.39 is 20.2 Å². The molecule has 0 amide bonds. The average molecular weight is 177 g/mol. The lowest BCUT2D eigenvalue weighted by Crippen LogP contribution is -2.29. The zero-order chi connectivity index (χ0) is 9.07. The van der Waals surface area contributed by atoms with E-state index in [2.05, 4.69) is 0 Å². The summed E-state index contributed by atoms with van der Waals surface area (Å²) in [5.74, 6) is -0.508. The molecule has 0 aliphatic carbocycles. The van der Waals surface area contributed by atoms with Gasteiger partial charge in [0.1, 0.15) is 0 Å². The summed E-state index contributed by atoms with van der Waals surface area (Å²) in [4.78, 5) is 0. The number of hydrogen-bond donors (Lipinski definition) is 0. The summed E-state index contributed by atoms with van der Waals surface area (Å²) in [5, 5.41) is 8.44. The molecule has 0 heterocycles. The molecule has 0 bridgehead atoms. The van der Waals surface area contributed by atoms with Crippen molar-refractivity contribution in [2.45, 2.75) is 32.4 Å². The lowest BCUT2D eigenvalue weighted by molar-refractivity contribution is 0.495. The van der Waals surface area contributed by atoms with E-state index in [-0.39, 0.29) is 0 Å². The van der Waals surface area contributed by atoms with Crippen molar-refractivity contribution in [3.63, 3.8) is 0 Å². The third kappa shape index (κ3) is 2.98. The zero-order valence-corrected chi connectivity index (χ0v) is 8.06. The minimum atomic E-state index is -4.09. The summed E-state index contributed by atoms with van der Waals surface area (Å²) in [6.07, 6.45) is 0.407. The van der Waals surface area contributed by atoms with Gasteiger partial charge >= 0.3 is 8.74 Å². The maximum Gasteiger partial charge on any atom is 0.426 e. The third-order valence-corrected chi connectivity index (χ3v) is 4.11. The van der Waals surface area contributed by atoms with Gasteiger partial charge in [0.05, 0.1) is 6.07 Å². The van der Waals surface area contributed by atoms with Gasteiger partial charge in [-0.05, 0) is 19.9 Å². The first-order valence-corrected chi connectivity index (χ1v) is 6.04. The fourth-order valence-corrected chi connectivity index (χ4v) is 2.91. The molecule has 0 aliphatic rings. The number of nitriles is 1. The van der Waals surface area contributed by atoms with E-state index in [0.29, 0.717) is 6.42 Å². The smallest absolute Gasteiger partial charge is 0.270 e. The van der Waals surface area contributed by atoms with Crippen LogP contribution in [0.4, 0.5) is 8.22 Å². The molecule has 0 aromatic heterocycles. The highest BCUT2D eigenvalue weighted by atomic mass is 28.4. The van der Waals surface area contributed by atoms with E-state index in [0.717, 1.165) is 6.55 Å². The molecule has 2 unspecified atom stereocenters. The highest BCUT2D eigenvalue weighted by Gasteiger charge is 2.41. The minimum absolute atomic E-state index is 0.407. The van der Waals surface area contributed by atoms with E-state index in [1.807, 2.05) is 6.07 Å². The largest absolute Gasteiger partial charge is 0.426 e. The first kappa shape index (κ1) is 10.6. The monoisotopic (exact) mass is 177 g/mol. The molecule has 0 aliphatic heterocycles. The van der Waals surface area contributed by atoms with Gasteiger partial charge in [0.2, 0.25) is 0 Å². The number of rotatable bonds is 3. The molecule has 1 nitrogen and oxygen atoms in total.